The van der Waals surface area contributed by atoms with Gasteiger partial charge in [-0.1, -0.05) is 17.7 Å². The van der Waals surface area contributed by atoms with Crippen molar-refractivity contribution < 1.29 is 19.1 Å². The van der Waals surface area contributed by atoms with Gasteiger partial charge in [-0.15, -0.1) is 0 Å². The lowest BCUT2D eigenvalue weighted by Crippen LogP contribution is -2.36. The van der Waals surface area contributed by atoms with E-state index in [1.54, 1.807) is 24.0 Å². The summed E-state index contributed by atoms with van der Waals surface area (Å²) in [5, 5.41) is 13.6. The molecule has 3 unspecified atom stereocenters. The summed E-state index contributed by atoms with van der Waals surface area (Å²) in [7, 11) is 0. The molecule has 192 valence electrons. The van der Waals surface area contributed by atoms with Gasteiger partial charge in [0.05, 0.1) is 16.6 Å². The number of alkyl carbamates (subject to hydrolysis) is 1. The minimum absolute atomic E-state index is 0.0702. The molecule has 1 aromatic carbocycles. The Bertz CT molecular complexity index is 1180. The van der Waals surface area contributed by atoms with E-state index in [2.05, 4.69) is 20.8 Å². The van der Waals surface area contributed by atoms with Gasteiger partial charge >= 0.3 is 6.09 Å². The van der Waals surface area contributed by atoms with Crippen LogP contribution in [0.1, 0.15) is 81.9 Å². The van der Waals surface area contributed by atoms with Gasteiger partial charge in [0, 0.05) is 36.2 Å². The highest BCUT2D eigenvalue weighted by atomic mass is 35.5. The molecule has 2 aliphatic carbocycles. The van der Waals surface area contributed by atoms with Crippen molar-refractivity contribution in [3.63, 3.8) is 0 Å². The molecule has 1 aliphatic heterocycles. The number of amides is 3. The van der Waals surface area contributed by atoms with Crippen molar-refractivity contribution in [2.45, 2.75) is 82.3 Å². The fraction of sp³-hybridized carbons (Fsp3) is 0.538. The molecule has 2 aromatic rings. The molecular formula is C26H32ClN5O4. The van der Waals surface area contributed by atoms with Crippen LogP contribution in [0.4, 0.5) is 16.3 Å². The zero-order chi connectivity index (χ0) is 25.4. The summed E-state index contributed by atoms with van der Waals surface area (Å²) in [6, 6.07) is 7.24. The average molecular weight is 514 g/mol. The van der Waals surface area contributed by atoms with Gasteiger partial charge in [-0.3, -0.25) is 14.7 Å². The third kappa shape index (κ3) is 5.36. The Morgan fingerprint density at radius 3 is 2.78 bits per heavy atom. The lowest BCUT2D eigenvalue weighted by Gasteiger charge is -2.19. The average Bonchev–Trinajstić information content (AvgIpc) is 3.25. The van der Waals surface area contributed by atoms with E-state index in [-0.39, 0.29) is 35.5 Å². The Balaban J connectivity index is 1.15. The number of carbonyl (C=O) groups is 3. The highest BCUT2D eigenvalue weighted by Gasteiger charge is 2.40. The number of aromatic nitrogens is 2. The van der Waals surface area contributed by atoms with Crippen molar-refractivity contribution >= 4 is 41.0 Å². The first kappa shape index (κ1) is 24.6. The van der Waals surface area contributed by atoms with Gasteiger partial charge in [-0.25, -0.2) is 4.79 Å². The van der Waals surface area contributed by atoms with Gasteiger partial charge in [-0.05, 0) is 70.1 Å². The van der Waals surface area contributed by atoms with Gasteiger partial charge in [0.2, 0.25) is 11.8 Å². The largest absolute Gasteiger partial charge is 0.446 e. The maximum Gasteiger partial charge on any atom is 0.407 e. The van der Waals surface area contributed by atoms with Crippen molar-refractivity contribution in [3.05, 3.63) is 40.5 Å². The molecule has 5 rings (SSSR count). The molecule has 2 saturated carbocycles. The quantitative estimate of drug-likeness (QED) is 0.489. The standard InChI is InChI=1S/C26H32ClN5O4/c1-15(16-6-8-21(19(27)13-16)32-11-3-4-23(32)33)24(34)28-22-14-20(30-31-22)17-5-7-18(12-17)36-25(35)29-26(2)9-10-26/h6,8,13-15,17-18H,3-5,7,9-12H2,1-2H3,(H,29,35)(H2,28,30,31,34). The molecule has 1 saturated heterocycles. The Hall–Kier alpha value is -3.07. The van der Waals surface area contributed by atoms with E-state index in [4.69, 9.17) is 16.3 Å². The lowest BCUT2D eigenvalue weighted by molar-refractivity contribution is -0.118. The molecule has 0 spiro atoms. The van der Waals surface area contributed by atoms with Crippen LogP contribution in [0.3, 0.4) is 0 Å². The molecule has 10 heteroatoms. The fourth-order valence-electron chi connectivity index (χ4n) is 4.98. The highest BCUT2D eigenvalue weighted by Crippen LogP contribution is 2.38. The minimum Gasteiger partial charge on any atom is -0.446 e. The minimum atomic E-state index is -0.456. The second kappa shape index (κ2) is 9.76. The van der Waals surface area contributed by atoms with Crippen LogP contribution in [-0.2, 0) is 14.3 Å². The number of anilines is 2. The Kier molecular flexibility index (Phi) is 6.68. The van der Waals surface area contributed by atoms with E-state index in [9.17, 15) is 14.4 Å². The van der Waals surface area contributed by atoms with Gasteiger partial charge in [0.15, 0.2) is 5.82 Å². The predicted molar refractivity (Wildman–Crippen MR) is 136 cm³/mol. The molecule has 3 N–H and O–H groups in total. The zero-order valence-corrected chi connectivity index (χ0v) is 21.4. The summed E-state index contributed by atoms with van der Waals surface area (Å²) < 4.78 is 5.60. The summed E-state index contributed by atoms with van der Waals surface area (Å²) in [5.41, 5.74) is 2.27. The third-order valence-electron chi connectivity index (χ3n) is 7.58. The number of hydrogen-bond acceptors (Lipinski definition) is 5. The van der Waals surface area contributed by atoms with Crippen LogP contribution in [0.2, 0.25) is 5.02 Å². The Morgan fingerprint density at radius 2 is 2.08 bits per heavy atom. The molecule has 3 aliphatic rings. The van der Waals surface area contributed by atoms with Gasteiger partial charge in [0.1, 0.15) is 6.10 Å². The predicted octanol–water partition coefficient (Wildman–Crippen LogP) is 4.85. The van der Waals surface area contributed by atoms with Crippen LogP contribution in [0.25, 0.3) is 0 Å². The number of carbonyl (C=O) groups excluding carboxylic acids is 3. The first-order valence-corrected chi connectivity index (χ1v) is 13.0. The number of hydrogen-bond donors (Lipinski definition) is 3. The molecule has 3 amide bonds. The Morgan fingerprint density at radius 1 is 1.28 bits per heavy atom. The highest BCUT2D eigenvalue weighted by molar-refractivity contribution is 6.34. The van der Waals surface area contributed by atoms with Crippen molar-refractivity contribution in [1.82, 2.24) is 15.5 Å². The van der Waals surface area contributed by atoms with Crippen molar-refractivity contribution in [2.75, 3.05) is 16.8 Å². The number of halogens is 1. The van der Waals surface area contributed by atoms with E-state index in [1.807, 2.05) is 19.1 Å². The van der Waals surface area contributed by atoms with Crippen LogP contribution in [0.5, 0.6) is 0 Å². The van der Waals surface area contributed by atoms with E-state index >= 15 is 0 Å². The van der Waals surface area contributed by atoms with E-state index in [1.165, 1.54) is 0 Å². The number of benzene rings is 1. The molecule has 3 fully saturated rings. The Labute approximate surface area is 215 Å². The lowest BCUT2D eigenvalue weighted by atomic mass is 9.99. The number of aromatic amines is 1. The number of H-pyrrole nitrogens is 1. The van der Waals surface area contributed by atoms with Crippen LogP contribution in [0.15, 0.2) is 24.3 Å². The summed E-state index contributed by atoms with van der Waals surface area (Å²) >= 11 is 6.46. The van der Waals surface area contributed by atoms with Crippen molar-refractivity contribution in [3.8, 4) is 0 Å². The first-order chi connectivity index (χ1) is 17.2. The molecule has 0 radical (unpaired) electrons. The van der Waals surface area contributed by atoms with Crippen LogP contribution in [-0.4, -0.2) is 46.3 Å². The number of ether oxygens (including phenoxy) is 1. The van der Waals surface area contributed by atoms with Crippen molar-refractivity contribution in [1.29, 1.82) is 0 Å². The zero-order valence-electron chi connectivity index (χ0n) is 20.6. The molecule has 9 nitrogen and oxygen atoms in total. The number of rotatable bonds is 7. The summed E-state index contributed by atoms with van der Waals surface area (Å²) in [6.07, 6.45) is 5.28. The monoisotopic (exact) mass is 513 g/mol. The molecule has 36 heavy (non-hydrogen) atoms. The molecule has 2 heterocycles. The summed E-state index contributed by atoms with van der Waals surface area (Å²) in [6.45, 7) is 4.49. The van der Waals surface area contributed by atoms with Crippen LogP contribution < -0.4 is 15.5 Å². The number of nitrogens with zero attached hydrogens (tertiary/aromatic N) is 2. The van der Waals surface area contributed by atoms with E-state index in [0.29, 0.717) is 29.5 Å². The molecule has 1 aromatic heterocycles. The van der Waals surface area contributed by atoms with Gasteiger partial charge in [-0.2, -0.15) is 5.10 Å². The van der Waals surface area contributed by atoms with Crippen LogP contribution >= 0.6 is 11.6 Å². The van der Waals surface area contributed by atoms with Gasteiger partial charge in [0.25, 0.3) is 0 Å². The molecule has 3 atom stereocenters. The van der Waals surface area contributed by atoms with Crippen LogP contribution in [0, 0.1) is 0 Å². The fourth-order valence-corrected chi connectivity index (χ4v) is 5.27. The summed E-state index contributed by atoms with van der Waals surface area (Å²) in [5.74, 6) is 0.0559. The normalized spacial score (nSPS) is 23.4. The molecule has 0 bridgehead atoms. The first-order valence-electron chi connectivity index (χ1n) is 12.7. The smallest absolute Gasteiger partial charge is 0.407 e. The van der Waals surface area contributed by atoms with Gasteiger partial charge < -0.3 is 20.3 Å². The van der Waals surface area contributed by atoms with E-state index in [0.717, 1.165) is 49.8 Å². The molecular weight excluding hydrogens is 482 g/mol. The second-order valence-electron chi connectivity index (χ2n) is 10.5. The third-order valence-corrected chi connectivity index (χ3v) is 7.88. The topological polar surface area (TPSA) is 116 Å². The second-order valence-corrected chi connectivity index (χ2v) is 10.9. The summed E-state index contributed by atoms with van der Waals surface area (Å²) in [4.78, 5) is 38.7. The van der Waals surface area contributed by atoms with E-state index < -0.39 is 5.92 Å². The van der Waals surface area contributed by atoms with Crippen molar-refractivity contribution in [2.24, 2.45) is 0 Å². The SMILES string of the molecule is CC(C(=O)Nc1cc(C2CCC(OC(=O)NC3(C)CC3)C2)[nH]n1)c1ccc(N2CCCC2=O)c(Cl)c1. The maximum atomic E-state index is 12.9. The maximum absolute atomic E-state index is 12.9. The number of nitrogens with one attached hydrogen (secondary N) is 3.